The van der Waals surface area contributed by atoms with Gasteiger partial charge in [-0.1, -0.05) is 0 Å². The molecule has 0 bridgehead atoms. The first-order valence-electron chi connectivity index (χ1n) is 8.78. The second-order valence-electron chi connectivity index (χ2n) is 6.40. The number of nitriles is 1. The van der Waals surface area contributed by atoms with Gasteiger partial charge in [0.05, 0.1) is 18.9 Å². The number of morpholine rings is 1. The first kappa shape index (κ1) is 18.8. The number of nitrogens with one attached hydrogen (secondary N) is 2. The van der Waals surface area contributed by atoms with E-state index in [1.165, 1.54) is 11.1 Å². The van der Waals surface area contributed by atoms with Crippen molar-refractivity contribution in [2.45, 2.75) is 13.0 Å². The standard InChI is InChI=1S/C17H24N6O2S/c1-22-4-2-14-15(12-22)26-17(21-14)20-11-13(10-18)16(24)19-3-5-23-6-8-25-9-7-23/h11H,2-9,12H2,1H3,(H,19,24)(H,20,21)/b13-11-. The molecule has 2 aliphatic rings. The maximum atomic E-state index is 12.2. The van der Waals surface area contributed by atoms with Crippen LogP contribution in [0.2, 0.25) is 0 Å². The first-order chi connectivity index (χ1) is 12.7. The predicted octanol–water partition coefficient (Wildman–Crippen LogP) is 0.399. The minimum absolute atomic E-state index is 0.0530. The molecule has 26 heavy (non-hydrogen) atoms. The van der Waals surface area contributed by atoms with E-state index in [9.17, 15) is 10.1 Å². The van der Waals surface area contributed by atoms with Gasteiger partial charge in [0, 0.05) is 56.8 Å². The molecule has 9 heteroatoms. The number of anilines is 1. The Balaban J connectivity index is 1.49. The molecule has 0 aliphatic carbocycles. The Morgan fingerprint density at radius 3 is 3.00 bits per heavy atom. The molecule has 2 N–H and O–H groups in total. The molecule has 1 amide bonds. The van der Waals surface area contributed by atoms with E-state index < -0.39 is 0 Å². The van der Waals surface area contributed by atoms with Crippen LogP contribution in [0.1, 0.15) is 10.6 Å². The van der Waals surface area contributed by atoms with Crippen LogP contribution in [0.4, 0.5) is 5.13 Å². The summed E-state index contributed by atoms with van der Waals surface area (Å²) in [5, 5.41) is 15.8. The normalized spacial score (nSPS) is 18.8. The first-order valence-corrected chi connectivity index (χ1v) is 9.59. The third-order valence-corrected chi connectivity index (χ3v) is 5.46. The minimum atomic E-state index is -0.366. The number of aromatic nitrogens is 1. The fraction of sp³-hybridized carbons (Fsp3) is 0.588. The van der Waals surface area contributed by atoms with Crippen LogP contribution < -0.4 is 10.6 Å². The summed E-state index contributed by atoms with van der Waals surface area (Å²) in [4.78, 5) is 22.4. The third kappa shape index (κ3) is 5.02. The van der Waals surface area contributed by atoms with Crippen molar-refractivity contribution in [3.8, 4) is 6.07 Å². The quantitative estimate of drug-likeness (QED) is 0.548. The molecule has 1 aromatic rings. The molecule has 3 rings (SSSR count). The second-order valence-corrected chi connectivity index (χ2v) is 7.48. The number of carbonyl (C=O) groups is 1. The lowest BCUT2D eigenvalue weighted by Gasteiger charge is -2.26. The molecule has 140 valence electrons. The fourth-order valence-corrected chi connectivity index (χ4v) is 3.97. The van der Waals surface area contributed by atoms with Gasteiger partial charge in [-0.25, -0.2) is 4.98 Å². The van der Waals surface area contributed by atoms with Crippen molar-refractivity contribution in [1.82, 2.24) is 20.1 Å². The van der Waals surface area contributed by atoms with Crippen LogP contribution in [-0.4, -0.2) is 73.7 Å². The van der Waals surface area contributed by atoms with Crippen molar-refractivity contribution < 1.29 is 9.53 Å². The Morgan fingerprint density at radius 1 is 1.42 bits per heavy atom. The van der Waals surface area contributed by atoms with Gasteiger partial charge < -0.3 is 20.3 Å². The predicted molar refractivity (Wildman–Crippen MR) is 99.7 cm³/mol. The maximum absolute atomic E-state index is 12.2. The lowest BCUT2D eigenvalue weighted by Crippen LogP contribution is -2.41. The van der Waals surface area contributed by atoms with Gasteiger partial charge in [0.2, 0.25) is 0 Å². The van der Waals surface area contributed by atoms with E-state index in [4.69, 9.17) is 4.74 Å². The smallest absolute Gasteiger partial charge is 0.263 e. The average Bonchev–Trinajstić information content (AvgIpc) is 3.05. The highest BCUT2D eigenvalue weighted by atomic mass is 32.1. The zero-order chi connectivity index (χ0) is 18.4. The minimum Gasteiger partial charge on any atom is -0.379 e. The van der Waals surface area contributed by atoms with Crippen molar-refractivity contribution in [2.24, 2.45) is 0 Å². The molecule has 2 aliphatic heterocycles. The van der Waals surface area contributed by atoms with Gasteiger partial charge in [-0.05, 0) is 7.05 Å². The van der Waals surface area contributed by atoms with Gasteiger partial charge in [-0.2, -0.15) is 5.26 Å². The van der Waals surface area contributed by atoms with Gasteiger partial charge in [-0.15, -0.1) is 11.3 Å². The third-order valence-electron chi connectivity index (χ3n) is 4.44. The lowest BCUT2D eigenvalue weighted by molar-refractivity contribution is -0.117. The molecule has 0 atom stereocenters. The number of carbonyl (C=O) groups excluding carboxylic acids is 1. The highest BCUT2D eigenvalue weighted by molar-refractivity contribution is 7.15. The SMILES string of the molecule is CN1CCc2nc(N/C=C(/C#N)C(=O)NCCN3CCOCC3)sc2C1. The Kier molecular flexibility index (Phi) is 6.57. The van der Waals surface area contributed by atoms with E-state index >= 15 is 0 Å². The van der Waals surface area contributed by atoms with E-state index in [0.29, 0.717) is 6.54 Å². The topological polar surface area (TPSA) is 93.5 Å². The summed E-state index contributed by atoms with van der Waals surface area (Å²) in [5.41, 5.74) is 1.16. The van der Waals surface area contributed by atoms with Gasteiger partial charge >= 0.3 is 0 Å². The Hall–Kier alpha value is -1.99. The van der Waals surface area contributed by atoms with Crippen molar-refractivity contribution in [3.63, 3.8) is 0 Å². The van der Waals surface area contributed by atoms with Crippen LogP contribution in [0.25, 0.3) is 0 Å². The largest absolute Gasteiger partial charge is 0.379 e. The van der Waals surface area contributed by atoms with Crippen molar-refractivity contribution in [3.05, 3.63) is 22.3 Å². The molecule has 0 spiro atoms. The molecule has 1 saturated heterocycles. The zero-order valence-electron chi connectivity index (χ0n) is 15.0. The summed E-state index contributed by atoms with van der Waals surface area (Å²) in [6.45, 7) is 6.38. The number of hydrogen-bond acceptors (Lipinski definition) is 8. The van der Waals surface area contributed by atoms with Gasteiger partial charge in [-0.3, -0.25) is 9.69 Å². The van der Waals surface area contributed by atoms with E-state index in [1.807, 2.05) is 6.07 Å². The Bertz CT molecular complexity index is 705. The Morgan fingerprint density at radius 2 is 2.23 bits per heavy atom. The van der Waals surface area contributed by atoms with Crippen LogP contribution in [0, 0.1) is 11.3 Å². The fourth-order valence-electron chi connectivity index (χ4n) is 2.91. The van der Waals surface area contributed by atoms with Crippen LogP contribution in [-0.2, 0) is 22.5 Å². The number of amides is 1. The number of thiazole rings is 1. The van der Waals surface area contributed by atoms with E-state index in [2.05, 4.69) is 32.5 Å². The molecule has 0 saturated carbocycles. The molecule has 3 heterocycles. The molecule has 1 aromatic heterocycles. The van der Waals surface area contributed by atoms with Crippen LogP contribution >= 0.6 is 11.3 Å². The highest BCUT2D eigenvalue weighted by Gasteiger charge is 2.18. The molecule has 1 fully saturated rings. The van der Waals surface area contributed by atoms with E-state index in [1.54, 1.807) is 11.3 Å². The molecule has 8 nitrogen and oxygen atoms in total. The molecule has 0 aromatic carbocycles. The van der Waals surface area contributed by atoms with E-state index in [0.717, 1.165) is 63.2 Å². The summed E-state index contributed by atoms with van der Waals surface area (Å²) in [6.07, 6.45) is 2.37. The highest BCUT2D eigenvalue weighted by Crippen LogP contribution is 2.27. The zero-order valence-corrected chi connectivity index (χ0v) is 15.8. The summed E-state index contributed by atoms with van der Waals surface area (Å²) < 4.78 is 5.30. The summed E-state index contributed by atoms with van der Waals surface area (Å²) >= 11 is 1.57. The second kappa shape index (κ2) is 9.09. The van der Waals surface area contributed by atoms with Crippen LogP contribution in [0.3, 0.4) is 0 Å². The molecular formula is C17H24N6O2S. The summed E-state index contributed by atoms with van der Waals surface area (Å²) in [6, 6.07) is 1.95. The maximum Gasteiger partial charge on any atom is 0.263 e. The molecule has 0 unspecified atom stereocenters. The number of likely N-dealkylation sites (N-methyl/N-ethyl adjacent to an activating group) is 1. The van der Waals surface area contributed by atoms with Gasteiger partial charge in [0.25, 0.3) is 5.91 Å². The lowest BCUT2D eigenvalue weighted by atomic mass is 10.2. The monoisotopic (exact) mass is 376 g/mol. The Labute approximate surface area is 157 Å². The number of ether oxygens (including phenoxy) is 1. The van der Waals surface area contributed by atoms with Gasteiger partial charge in [0.1, 0.15) is 11.6 Å². The van der Waals surface area contributed by atoms with Crippen LogP contribution in [0.5, 0.6) is 0 Å². The molecular weight excluding hydrogens is 352 g/mol. The summed E-state index contributed by atoms with van der Waals surface area (Å²) in [7, 11) is 2.09. The summed E-state index contributed by atoms with van der Waals surface area (Å²) in [5.74, 6) is -0.366. The van der Waals surface area contributed by atoms with Crippen molar-refractivity contribution >= 4 is 22.4 Å². The van der Waals surface area contributed by atoms with Gasteiger partial charge in [0.15, 0.2) is 5.13 Å². The number of nitrogens with zero attached hydrogens (tertiary/aromatic N) is 4. The van der Waals surface area contributed by atoms with Crippen molar-refractivity contribution in [1.29, 1.82) is 5.26 Å². The number of rotatable bonds is 6. The van der Waals surface area contributed by atoms with Crippen molar-refractivity contribution in [2.75, 3.05) is 58.3 Å². The van der Waals surface area contributed by atoms with E-state index in [-0.39, 0.29) is 11.5 Å². The number of fused-ring (bicyclic) bond motifs is 1. The number of hydrogen-bond donors (Lipinski definition) is 2. The van der Waals surface area contributed by atoms with Crippen LogP contribution in [0.15, 0.2) is 11.8 Å². The molecule has 0 radical (unpaired) electrons. The average molecular weight is 376 g/mol.